The van der Waals surface area contributed by atoms with E-state index < -0.39 is 23.8 Å². The third-order valence-electron chi connectivity index (χ3n) is 15.3. The molecule has 3 N–H and O–H groups in total. The van der Waals surface area contributed by atoms with Gasteiger partial charge in [0.05, 0.1) is 18.2 Å². The largest absolute Gasteiger partial charge is 0.459 e. The Bertz CT molecular complexity index is 1960. The smallest absolute Gasteiger partial charge is 0.412 e. The molecule has 0 saturated heterocycles. The summed E-state index contributed by atoms with van der Waals surface area (Å²) in [5.41, 5.74) is 3.27. The van der Waals surface area contributed by atoms with Crippen molar-refractivity contribution >= 4 is 17.7 Å². The summed E-state index contributed by atoms with van der Waals surface area (Å²) < 4.78 is 35.0. The predicted molar refractivity (Wildman–Crippen MR) is 287 cm³/mol. The second-order valence-electron chi connectivity index (χ2n) is 20.7. The first-order valence-electron chi connectivity index (χ1n) is 28.4. The number of oxime groups is 1. The molecule has 72 heavy (non-hydrogen) atoms. The van der Waals surface area contributed by atoms with Gasteiger partial charge < -0.3 is 39.5 Å². The van der Waals surface area contributed by atoms with Crippen LogP contribution in [0.5, 0.6) is 11.5 Å². The maximum Gasteiger partial charge on any atom is 0.412 e. The maximum absolute atomic E-state index is 15.1. The number of unbranched alkanes of at least 4 members (excludes halogenated alkanes) is 19. The second-order valence-corrected chi connectivity index (χ2v) is 20.7. The molecule has 1 saturated carbocycles. The van der Waals surface area contributed by atoms with Crippen molar-refractivity contribution in [2.24, 2.45) is 22.9 Å². The van der Waals surface area contributed by atoms with Gasteiger partial charge in [-0.05, 0) is 91.8 Å². The molecule has 1 heterocycles. The number of carbonyl (C=O) groups excluding carboxylic acids is 2. The van der Waals surface area contributed by atoms with Gasteiger partial charge in [-0.25, -0.2) is 9.18 Å². The number of fused-ring (bicyclic) bond motifs is 2. The fraction of sp³-hybridized carbons (Fsp3) is 0.683. The van der Waals surface area contributed by atoms with Gasteiger partial charge in [0.25, 0.3) is 0 Å². The molecule has 2 amide bonds. The number of nitrogens with zero attached hydrogens (tertiary/aromatic N) is 2. The van der Waals surface area contributed by atoms with Crippen LogP contribution in [0.2, 0.25) is 0 Å². The highest BCUT2D eigenvalue weighted by Crippen LogP contribution is 2.62. The third-order valence-corrected chi connectivity index (χ3v) is 15.3. The minimum atomic E-state index is -1.45. The lowest BCUT2D eigenvalue weighted by Crippen LogP contribution is -2.70. The monoisotopic (exact) mass is 1000 g/mol. The number of rotatable bonds is 37. The van der Waals surface area contributed by atoms with Crippen LogP contribution in [0.3, 0.4) is 0 Å². The molecule has 3 aliphatic rings. The summed E-state index contributed by atoms with van der Waals surface area (Å²) in [4.78, 5) is 36.0. The number of benzene rings is 2. The quantitative estimate of drug-likeness (QED) is 0.0345. The third kappa shape index (κ3) is 17.4. The lowest BCUT2D eigenvalue weighted by Gasteiger charge is -2.60. The number of carbonyl (C=O) groups is 2. The fourth-order valence-electron chi connectivity index (χ4n) is 11.7. The molecule has 2 aromatic rings. The van der Waals surface area contributed by atoms with Crippen LogP contribution >= 0.6 is 0 Å². The lowest BCUT2D eigenvalue weighted by molar-refractivity contribution is -0.258. The minimum Gasteiger partial charge on any atom is -0.459 e. The number of aliphatic hydroxyl groups excluding tert-OH is 2. The number of hydrogen-bond acceptors (Lipinski definition) is 9. The summed E-state index contributed by atoms with van der Waals surface area (Å²) in [6, 6.07) is 11.2. The van der Waals surface area contributed by atoms with E-state index in [4.69, 9.17) is 24.2 Å². The zero-order chi connectivity index (χ0) is 51.4. The topological polar surface area (TPSA) is 139 Å². The van der Waals surface area contributed by atoms with Crippen molar-refractivity contribution in [2.75, 3.05) is 33.5 Å². The van der Waals surface area contributed by atoms with Crippen LogP contribution in [0.4, 0.5) is 9.18 Å². The Balaban J connectivity index is 1.52. The van der Waals surface area contributed by atoms with E-state index in [9.17, 15) is 19.4 Å². The number of nitrogens with one attached hydrogen (secondary N) is 1. The molecular formula is C60H92FN3O8. The van der Waals surface area contributed by atoms with Crippen molar-refractivity contribution in [1.82, 2.24) is 10.2 Å². The van der Waals surface area contributed by atoms with Crippen LogP contribution in [0, 0.1) is 23.6 Å². The Labute approximate surface area is 432 Å². The van der Waals surface area contributed by atoms with E-state index in [1.165, 1.54) is 89.2 Å². The summed E-state index contributed by atoms with van der Waals surface area (Å²) in [5, 5.41) is 27.7. The van der Waals surface area contributed by atoms with Gasteiger partial charge >= 0.3 is 6.09 Å². The molecule has 0 unspecified atom stereocenters. The standard InChI is InChI=1S/C60H92FN3O8/c1-5-8-10-12-14-16-18-20-22-26-38-62-59(68)71-49-36-37-54-52(43-49)57-50(30-25-28-40-66)47(29-24-27-39-65)42-51-53(63-69-4)44-55(60(72-54,58(51)57)70-41-7-3)64(45-46-32-34-48(61)35-33-46)56(67)31-23-21-19-17-15-13-11-9-6-2/h7,32-37,42-43,47,50,55,57-58,65-66H,3,5-6,8-31,38-41,44-45H2,1-2,4H3,(H,62,68)/t47-,50+,55-,57+,58+,60+/m0/s1. The number of amides is 2. The average molecular weight is 1000 g/mol. The van der Waals surface area contributed by atoms with Gasteiger partial charge in [0.2, 0.25) is 11.7 Å². The molecule has 1 fully saturated rings. The highest BCUT2D eigenvalue weighted by molar-refractivity contribution is 6.03. The predicted octanol–water partition coefficient (Wildman–Crippen LogP) is 14.0. The van der Waals surface area contributed by atoms with Crippen LogP contribution in [-0.2, 0) is 20.9 Å². The zero-order valence-electron chi connectivity index (χ0n) is 44.5. The highest BCUT2D eigenvalue weighted by Gasteiger charge is 2.65. The number of hydrogen-bond donors (Lipinski definition) is 3. The van der Waals surface area contributed by atoms with Crippen molar-refractivity contribution < 1.29 is 43.2 Å². The number of ether oxygens (including phenoxy) is 3. The van der Waals surface area contributed by atoms with Crippen LogP contribution in [0.1, 0.15) is 204 Å². The summed E-state index contributed by atoms with van der Waals surface area (Å²) in [6.07, 6.45) is 30.8. The molecule has 5 rings (SSSR count). The summed E-state index contributed by atoms with van der Waals surface area (Å²) in [6.45, 7) is 9.56. The molecule has 0 radical (unpaired) electrons. The van der Waals surface area contributed by atoms with E-state index in [1.54, 1.807) is 31.4 Å². The molecule has 0 bridgehead atoms. The Morgan fingerprint density at radius 2 is 1.43 bits per heavy atom. The molecule has 0 spiro atoms. The van der Waals surface area contributed by atoms with Crippen LogP contribution in [-0.4, -0.2) is 78.1 Å². The normalized spacial score (nSPS) is 21.6. The van der Waals surface area contributed by atoms with Crippen LogP contribution < -0.4 is 14.8 Å². The highest BCUT2D eigenvalue weighted by atomic mass is 19.1. The van der Waals surface area contributed by atoms with Gasteiger partial charge in [0, 0.05) is 50.6 Å². The van der Waals surface area contributed by atoms with Gasteiger partial charge in [-0.1, -0.05) is 165 Å². The van der Waals surface area contributed by atoms with Gasteiger partial charge in [-0.3, -0.25) is 4.79 Å². The molecule has 11 nitrogen and oxygen atoms in total. The SMILES string of the molecule is C=CCO[C@@]12Oc3ccc(OC(=O)NCCCCCCCCCCCC)cc3[C@H]3[C@H](CCCCO)[C@@H](CCCCO)C=C(C(=NOC)C[C@@H]1N(Cc1ccc(F)cc1)C(=O)CCCCCCCCCCC)[C@H]32. The van der Waals surface area contributed by atoms with E-state index in [2.05, 4.69) is 31.8 Å². The summed E-state index contributed by atoms with van der Waals surface area (Å²) >= 11 is 0. The molecule has 2 aliphatic carbocycles. The fourth-order valence-corrected chi connectivity index (χ4v) is 11.7. The van der Waals surface area contributed by atoms with Gasteiger partial charge in [0.1, 0.15) is 30.5 Å². The van der Waals surface area contributed by atoms with Gasteiger partial charge in [0.15, 0.2) is 0 Å². The Morgan fingerprint density at radius 1 is 0.819 bits per heavy atom. The Kier molecular flexibility index (Phi) is 26.7. The Hall–Kier alpha value is -4.26. The van der Waals surface area contributed by atoms with Gasteiger partial charge in [-0.2, -0.15) is 0 Å². The van der Waals surface area contributed by atoms with E-state index in [0.717, 1.165) is 87.3 Å². The average Bonchev–Trinajstić information content (AvgIpc) is 3.38. The van der Waals surface area contributed by atoms with Crippen molar-refractivity contribution in [3.63, 3.8) is 0 Å². The summed E-state index contributed by atoms with van der Waals surface area (Å²) in [5.74, 6) is -1.62. The van der Waals surface area contributed by atoms with Crippen molar-refractivity contribution in [3.05, 3.63) is 83.7 Å². The molecule has 12 heteroatoms. The second kappa shape index (κ2) is 32.8. The Morgan fingerprint density at radius 3 is 2.04 bits per heavy atom. The molecule has 1 aliphatic heterocycles. The number of allylic oxidation sites excluding steroid dienone is 1. The first kappa shape index (κ1) is 58.6. The molecular weight excluding hydrogens is 910 g/mol. The number of aliphatic hydroxyl groups is 2. The first-order chi connectivity index (χ1) is 35.2. The van der Waals surface area contributed by atoms with Crippen LogP contribution in [0.15, 0.2) is 71.9 Å². The van der Waals surface area contributed by atoms with E-state index in [1.807, 2.05) is 17.0 Å². The first-order valence-corrected chi connectivity index (χ1v) is 28.4. The molecule has 6 atom stereocenters. The van der Waals surface area contributed by atoms with Crippen LogP contribution in [0.25, 0.3) is 0 Å². The van der Waals surface area contributed by atoms with E-state index in [0.29, 0.717) is 43.0 Å². The van der Waals surface area contributed by atoms with E-state index >= 15 is 4.79 Å². The minimum absolute atomic E-state index is 0.00420. The summed E-state index contributed by atoms with van der Waals surface area (Å²) in [7, 11) is 1.54. The molecule has 2 aromatic carbocycles. The molecule has 402 valence electrons. The van der Waals surface area contributed by atoms with Gasteiger partial charge in [-0.15, -0.1) is 6.58 Å². The van der Waals surface area contributed by atoms with Crippen molar-refractivity contribution in [2.45, 2.75) is 212 Å². The van der Waals surface area contributed by atoms with E-state index in [-0.39, 0.29) is 62.3 Å². The molecule has 0 aromatic heterocycles. The zero-order valence-corrected chi connectivity index (χ0v) is 44.5. The maximum atomic E-state index is 15.1. The number of halogens is 1. The van der Waals surface area contributed by atoms with Crippen molar-refractivity contribution in [1.29, 1.82) is 0 Å². The lowest BCUT2D eigenvalue weighted by atomic mass is 9.55. The van der Waals surface area contributed by atoms with Crippen molar-refractivity contribution in [3.8, 4) is 11.5 Å².